The molecule has 2 amide bonds. The summed E-state index contributed by atoms with van der Waals surface area (Å²) in [6.45, 7) is 10.1. The van der Waals surface area contributed by atoms with E-state index in [-0.39, 0.29) is 65.6 Å². The first-order valence-corrected chi connectivity index (χ1v) is 24.0. The van der Waals surface area contributed by atoms with Gasteiger partial charge in [-0.25, -0.2) is 9.97 Å². The van der Waals surface area contributed by atoms with E-state index >= 15 is 0 Å². The van der Waals surface area contributed by atoms with Crippen LogP contribution < -0.4 is 10.6 Å². The summed E-state index contributed by atoms with van der Waals surface area (Å²) in [5, 5.41) is 13.4. The molecule has 2 aromatic carbocycles. The minimum Gasteiger partial charge on any atom is -0.483 e. The molecule has 0 radical (unpaired) electrons. The predicted octanol–water partition coefficient (Wildman–Crippen LogP) is 8.14. The van der Waals surface area contributed by atoms with Crippen molar-refractivity contribution >= 4 is 41.4 Å². The summed E-state index contributed by atoms with van der Waals surface area (Å²) < 4.78 is 3.86. The molecule has 14 nitrogen and oxygen atoms in total. The van der Waals surface area contributed by atoms with Gasteiger partial charge in [0.25, 0.3) is 12.9 Å². The topological polar surface area (TPSA) is 186 Å². The maximum absolute atomic E-state index is 13.6. The van der Waals surface area contributed by atoms with Crippen LogP contribution in [0.5, 0.6) is 0 Å². The second-order valence-electron chi connectivity index (χ2n) is 19.3. The molecule has 66 heavy (non-hydrogen) atoms. The van der Waals surface area contributed by atoms with Crippen LogP contribution >= 0.6 is 0 Å². The van der Waals surface area contributed by atoms with Crippen LogP contribution in [0, 0.1) is 11.8 Å². The summed E-state index contributed by atoms with van der Waals surface area (Å²) in [6, 6.07) is 11.1. The second kappa shape index (κ2) is 21.4. The average molecular weight is 903 g/mol. The fourth-order valence-electron chi connectivity index (χ4n) is 11.7. The molecule has 5 aliphatic rings. The third-order valence-electron chi connectivity index (χ3n) is 14.8. The van der Waals surface area contributed by atoms with Gasteiger partial charge in [0.15, 0.2) is 0 Å². The normalized spacial score (nSPS) is 21.6. The first-order chi connectivity index (χ1) is 31.9. The van der Waals surface area contributed by atoms with E-state index in [1.807, 2.05) is 30.1 Å². The molecule has 2 aliphatic heterocycles. The largest absolute Gasteiger partial charge is 0.483 e. The number of allylic oxidation sites excluding steroid dienone is 4. The molecule has 2 aromatic heterocycles. The molecule has 0 bridgehead atoms. The molecule has 4 aromatic rings. The summed E-state index contributed by atoms with van der Waals surface area (Å²) >= 11 is 0. The zero-order valence-electron chi connectivity index (χ0n) is 39.9. The van der Waals surface area contributed by atoms with Gasteiger partial charge in [0, 0.05) is 30.9 Å². The number of carboxylic acid groups (broad SMARTS) is 1. The summed E-state index contributed by atoms with van der Waals surface area (Å²) in [6.07, 6.45) is 21.4. The molecule has 5 unspecified atom stereocenters. The number of fused-ring (bicyclic) bond motifs is 3. The fourth-order valence-corrected chi connectivity index (χ4v) is 11.7. The average Bonchev–Trinajstić information content (AvgIpc) is 4.19. The van der Waals surface area contributed by atoms with E-state index < -0.39 is 0 Å². The molecule has 1 saturated carbocycles. The third-order valence-corrected chi connectivity index (χ3v) is 14.8. The quantitative estimate of drug-likeness (QED) is 0.0870. The molecule has 4 heterocycles. The van der Waals surface area contributed by atoms with Gasteiger partial charge in [-0.3, -0.25) is 19.2 Å². The van der Waals surface area contributed by atoms with E-state index in [9.17, 15) is 9.59 Å². The number of ether oxygens (including phenoxy) is 1. The highest BCUT2D eigenvalue weighted by Crippen LogP contribution is 2.55. The van der Waals surface area contributed by atoms with Crippen molar-refractivity contribution in [1.82, 2.24) is 40.4 Å². The number of methoxy groups -OCH3 is 1. The lowest BCUT2D eigenvalue weighted by Gasteiger charge is -2.29. The maximum atomic E-state index is 13.6. The Balaban J connectivity index is 0.000000869. The van der Waals surface area contributed by atoms with Gasteiger partial charge in [-0.15, -0.1) is 0 Å². The number of benzene rings is 2. The number of nitrogens with one attached hydrogen (secondary N) is 4. The van der Waals surface area contributed by atoms with Crippen LogP contribution in [-0.4, -0.2) is 106 Å². The Labute approximate surface area is 389 Å². The highest BCUT2D eigenvalue weighted by molar-refractivity contribution is 5.87. The van der Waals surface area contributed by atoms with Crippen molar-refractivity contribution in [2.75, 3.05) is 34.3 Å². The number of aromatic nitrogens is 4. The van der Waals surface area contributed by atoms with E-state index in [4.69, 9.17) is 24.7 Å². The number of carbonyl (C=O) groups excluding carboxylic acids is 3. The molecule has 2 saturated heterocycles. The number of H-pyrrole nitrogens is 2. The predicted molar refractivity (Wildman–Crippen MR) is 258 cm³/mol. The summed E-state index contributed by atoms with van der Waals surface area (Å²) in [5.41, 5.74) is 11.8. The number of hydrogen-bond acceptors (Lipinski definition) is 9. The minimum atomic E-state index is -0.250. The Morgan fingerprint density at radius 1 is 0.864 bits per heavy atom. The van der Waals surface area contributed by atoms with Crippen molar-refractivity contribution in [2.45, 2.75) is 134 Å². The Bertz CT molecular complexity index is 2410. The Kier molecular flexibility index (Phi) is 15.6. The number of carbonyl (C=O) groups is 4. The maximum Gasteiger partial charge on any atom is 0.292 e. The molecular formula is C52H70N8O6. The Morgan fingerprint density at radius 2 is 1.47 bits per heavy atom. The zero-order valence-corrected chi connectivity index (χ0v) is 39.9. The molecular weight excluding hydrogens is 833 g/mol. The monoisotopic (exact) mass is 903 g/mol. The zero-order chi connectivity index (χ0) is 47.1. The first kappa shape index (κ1) is 48.3. The second-order valence-corrected chi connectivity index (χ2v) is 19.3. The van der Waals surface area contributed by atoms with Gasteiger partial charge in [0.1, 0.15) is 11.6 Å². The van der Waals surface area contributed by atoms with E-state index in [0.29, 0.717) is 6.47 Å². The number of rotatable bonds is 12. The lowest BCUT2D eigenvalue weighted by Crippen LogP contribution is -2.47. The molecule has 3 fully saturated rings. The van der Waals surface area contributed by atoms with Crippen molar-refractivity contribution in [1.29, 1.82) is 0 Å². The van der Waals surface area contributed by atoms with Gasteiger partial charge in [-0.1, -0.05) is 77.0 Å². The SMILES string of the molecule is CNC(C(=O)N1CCCC1c1ncc(C2C=CC(c3ccc(-c4ccc5nc(C6CCCN6C(=O)C(NC)C(C)C)[nH]c5c4)c4c3C3(CCCC3)CC4)=CC2)[nH]1)C(C)C.COC=O.O=CO. The summed E-state index contributed by atoms with van der Waals surface area (Å²) in [4.78, 5) is 65.8. The molecule has 5 N–H and O–H groups in total. The summed E-state index contributed by atoms with van der Waals surface area (Å²) in [7, 11) is 5.08. The number of hydrogen-bond donors (Lipinski definition) is 5. The molecule has 9 rings (SSSR count). The standard InChI is InChI=1S/C49H64N8O2.C2H4O2.CH2O2/c1-29(2)43(50-5)47(58)56-25-9-11-40(56)45-52-28-39(55-45)32-15-13-31(14-16-32)35-19-18-34(36-21-24-49(42(35)36)22-7-8-23-49)33-17-20-37-38(27-33)54-46(53-37)41-12-10-26-57(41)48(59)44(51-6)30(3)4;1-4-2-3;2-1-3/h13-15,17-20,27-30,32,40-41,43-44,50-51H,7-12,16,21-26H2,1-6H3,(H,52,55)(H,53,54);2H,1H3;1H,(H,2,3). The first-order valence-electron chi connectivity index (χ1n) is 24.0. The number of likely N-dealkylation sites (tertiary alicyclic amines) is 2. The molecule has 3 aliphatic carbocycles. The number of likely N-dealkylation sites (N-methyl/N-ethyl adjacent to an activating group) is 2. The number of imidazole rings is 2. The Hall–Kier alpha value is -5.60. The van der Waals surface area contributed by atoms with Crippen molar-refractivity contribution < 1.29 is 29.0 Å². The molecule has 1 spiro atoms. The summed E-state index contributed by atoms with van der Waals surface area (Å²) in [5.74, 6) is 2.82. The highest BCUT2D eigenvalue weighted by atomic mass is 16.5. The molecule has 354 valence electrons. The van der Waals surface area contributed by atoms with Crippen molar-refractivity contribution in [3.63, 3.8) is 0 Å². The smallest absolute Gasteiger partial charge is 0.292 e. The van der Waals surface area contributed by atoms with Gasteiger partial charge in [-0.2, -0.15) is 0 Å². The number of amides is 2. The van der Waals surface area contributed by atoms with Gasteiger partial charge < -0.3 is 40.2 Å². The molecule has 5 atom stereocenters. The van der Waals surface area contributed by atoms with Gasteiger partial charge >= 0.3 is 0 Å². The van der Waals surface area contributed by atoms with Crippen LogP contribution in [0.3, 0.4) is 0 Å². The van der Waals surface area contributed by atoms with Gasteiger partial charge in [-0.05, 0) is 135 Å². The lowest BCUT2D eigenvalue weighted by atomic mass is 9.75. The van der Waals surface area contributed by atoms with E-state index in [2.05, 4.69) is 102 Å². The fraction of sp³-hybridized carbons (Fsp3) is 0.538. The highest BCUT2D eigenvalue weighted by Gasteiger charge is 2.44. The number of nitrogens with zero attached hydrogens (tertiary/aromatic N) is 4. The lowest BCUT2D eigenvalue weighted by molar-refractivity contribution is -0.136. The van der Waals surface area contributed by atoms with Crippen LogP contribution in [0.4, 0.5) is 0 Å². The van der Waals surface area contributed by atoms with Crippen LogP contribution in [0.25, 0.3) is 27.7 Å². The Morgan fingerprint density at radius 3 is 2.03 bits per heavy atom. The molecule has 14 heteroatoms. The van der Waals surface area contributed by atoms with Crippen LogP contribution in [0.15, 0.2) is 54.8 Å². The van der Waals surface area contributed by atoms with Crippen molar-refractivity contribution in [3.8, 4) is 11.1 Å². The minimum absolute atomic E-state index is 0.00130. The van der Waals surface area contributed by atoms with Crippen molar-refractivity contribution in [2.24, 2.45) is 11.8 Å². The van der Waals surface area contributed by atoms with Crippen LogP contribution in [-0.2, 0) is 35.8 Å². The van der Waals surface area contributed by atoms with Gasteiger partial charge in [0.2, 0.25) is 11.8 Å². The van der Waals surface area contributed by atoms with E-state index in [0.717, 1.165) is 80.0 Å². The third kappa shape index (κ3) is 9.62. The van der Waals surface area contributed by atoms with E-state index in [1.165, 1.54) is 67.0 Å². The van der Waals surface area contributed by atoms with Gasteiger partial charge in [0.05, 0.1) is 42.3 Å². The number of aromatic amines is 2. The van der Waals surface area contributed by atoms with Crippen molar-refractivity contribution in [3.05, 3.63) is 88.8 Å². The van der Waals surface area contributed by atoms with E-state index in [1.54, 1.807) is 5.56 Å². The van der Waals surface area contributed by atoms with Crippen LogP contribution in [0.1, 0.15) is 144 Å². The van der Waals surface area contributed by atoms with Crippen LogP contribution in [0.2, 0.25) is 0 Å².